The first-order chi connectivity index (χ1) is 43.2. The Kier molecular flexibility index (Phi) is 25.7. The van der Waals surface area contributed by atoms with Crippen LogP contribution in [0.1, 0.15) is 92.3 Å². The lowest BCUT2D eigenvalue weighted by Crippen LogP contribution is -2.35. The summed E-state index contributed by atoms with van der Waals surface area (Å²) in [6, 6.07) is 19.7. The van der Waals surface area contributed by atoms with Gasteiger partial charge in [-0.3, -0.25) is 0 Å². The Labute approximate surface area is 511 Å². The Morgan fingerprint density at radius 2 is 0.648 bits per heavy atom. The summed E-state index contributed by atoms with van der Waals surface area (Å²) in [6.45, 7) is 6.23. The molecular formula is C67H56BF17O6. The number of aromatic hydroxyl groups is 1. The number of fused-ring (bicyclic) bond motifs is 1. The zero-order valence-corrected chi connectivity index (χ0v) is 48.8. The van der Waals surface area contributed by atoms with Gasteiger partial charge in [-0.05, 0) is 173 Å². The van der Waals surface area contributed by atoms with Gasteiger partial charge in [-0.25, -0.2) is 74.6 Å². The molecule has 91 heavy (non-hydrogen) atoms. The van der Waals surface area contributed by atoms with Gasteiger partial charge >= 0.3 is 7.12 Å². The van der Waals surface area contributed by atoms with E-state index in [9.17, 15) is 74.6 Å². The van der Waals surface area contributed by atoms with Crippen molar-refractivity contribution in [1.29, 1.82) is 0 Å². The number of rotatable bonds is 19. The Balaban J connectivity index is 0.000000204. The van der Waals surface area contributed by atoms with Crippen LogP contribution in [-0.2, 0) is 45.5 Å². The van der Waals surface area contributed by atoms with Gasteiger partial charge in [0.05, 0.1) is 11.0 Å². The molecule has 0 bridgehead atoms. The molecule has 6 nitrogen and oxygen atoms in total. The molecule has 0 saturated carbocycles. The standard InChI is InChI=1S/C26H17F7O.C16H15BF4O3.C16H14F4O.C9H10F2O/c1-2-3-13-6-21(30)26(22(31)7-13)34-12-14-8-18(27)23(19(28)9-14)15-4-5-17-16(10-15)11-20(29)25(33)24(17)32;1-2-3-9-4-13(20)16(14(21)5-9)24-8-10-6-11(18)15(17(22)23)12(19)7-10;1-2-3-10-6-14(19)16(15(20)7-10)21-9-11-4-12(17)8-13(18)5-11;1-2-3-6-4-7(10)9(12)8(11)5-6/h4-11H,2-3,12H2,1H3;4-7,22-23H,2-3,8H2,1H3;4-8H,2-3,9H2,1H3;4-5,12H,2-3H2,1H3. The van der Waals surface area contributed by atoms with E-state index in [1.54, 1.807) is 0 Å². The number of phenolic OH excluding ortho intramolecular Hbond substituents is 1. The molecule has 0 atom stereocenters. The number of ether oxygens (including phenoxy) is 3. The Morgan fingerprint density at radius 1 is 0.330 bits per heavy atom. The van der Waals surface area contributed by atoms with Crippen LogP contribution in [0.25, 0.3) is 21.9 Å². The van der Waals surface area contributed by atoms with Crippen molar-refractivity contribution >= 4 is 23.4 Å². The van der Waals surface area contributed by atoms with Gasteiger partial charge in [0.25, 0.3) is 0 Å². The van der Waals surface area contributed by atoms with Crippen molar-refractivity contribution in [3.8, 4) is 34.1 Å². The van der Waals surface area contributed by atoms with Crippen molar-refractivity contribution in [2.24, 2.45) is 0 Å². The molecule has 0 aliphatic rings. The first-order valence-electron chi connectivity index (χ1n) is 28.0. The number of aryl methyl sites for hydroxylation is 4. The van der Waals surface area contributed by atoms with Crippen LogP contribution in [0.5, 0.6) is 23.0 Å². The van der Waals surface area contributed by atoms with E-state index < -0.39 is 153 Å². The molecule has 0 saturated heterocycles. The van der Waals surface area contributed by atoms with E-state index in [0.717, 1.165) is 110 Å². The molecular weight excluding hydrogens is 1230 g/mol. The van der Waals surface area contributed by atoms with Gasteiger partial charge in [0.15, 0.2) is 87.0 Å². The average molecular weight is 1290 g/mol. The van der Waals surface area contributed by atoms with Gasteiger partial charge in [0.2, 0.25) is 0 Å². The fraction of sp³-hybridized carbons (Fsp3) is 0.224. The number of hydrogen-bond donors (Lipinski definition) is 3. The highest BCUT2D eigenvalue weighted by Gasteiger charge is 2.24. The number of hydrogen-bond acceptors (Lipinski definition) is 6. The molecule has 9 aromatic carbocycles. The van der Waals surface area contributed by atoms with Crippen molar-refractivity contribution in [3.63, 3.8) is 0 Å². The average Bonchev–Trinajstić information content (AvgIpc) is 0.951. The lowest BCUT2D eigenvalue weighted by Gasteiger charge is -2.12. The first-order valence-corrected chi connectivity index (χ1v) is 28.0. The quantitative estimate of drug-likeness (QED) is 0.0425. The minimum absolute atomic E-state index is 0.0323. The van der Waals surface area contributed by atoms with Crippen LogP contribution in [0.2, 0.25) is 0 Å². The van der Waals surface area contributed by atoms with Crippen LogP contribution in [-0.4, -0.2) is 22.3 Å². The van der Waals surface area contributed by atoms with Crippen molar-refractivity contribution in [3.05, 3.63) is 253 Å². The first kappa shape index (κ1) is 71.3. The van der Waals surface area contributed by atoms with Gasteiger partial charge in [-0.2, -0.15) is 0 Å². The zero-order valence-electron chi connectivity index (χ0n) is 48.8. The lowest BCUT2D eigenvalue weighted by molar-refractivity contribution is 0.273. The minimum Gasteiger partial charge on any atom is -0.503 e. The molecule has 3 N–H and O–H groups in total. The summed E-state index contributed by atoms with van der Waals surface area (Å²) in [6.07, 6.45) is 5.18. The van der Waals surface area contributed by atoms with E-state index in [-0.39, 0.29) is 39.6 Å². The Bertz CT molecular complexity index is 3860. The Morgan fingerprint density at radius 3 is 0.989 bits per heavy atom. The summed E-state index contributed by atoms with van der Waals surface area (Å²) >= 11 is 0. The van der Waals surface area contributed by atoms with Crippen molar-refractivity contribution in [1.82, 2.24) is 0 Å². The van der Waals surface area contributed by atoms with Crippen molar-refractivity contribution < 1.29 is 104 Å². The van der Waals surface area contributed by atoms with Crippen LogP contribution in [0, 0.1) is 98.9 Å². The SMILES string of the molecule is CCCc1cc(F)c(O)c(F)c1.CCCc1cc(F)c(OCc2cc(F)c(-c3ccc4c(F)c(F)c(F)cc4c3)c(F)c2)c(F)c1.CCCc1cc(F)c(OCc2cc(F)c(B(O)O)c(F)c2)c(F)c1.CCCc1cc(F)c(OCc2cc(F)cc(F)c2)c(F)c1. The molecule has 0 aliphatic carbocycles. The van der Waals surface area contributed by atoms with E-state index in [2.05, 4.69) is 0 Å². The smallest absolute Gasteiger partial charge is 0.494 e. The normalized spacial score (nSPS) is 10.9. The summed E-state index contributed by atoms with van der Waals surface area (Å²) in [4.78, 5) is 0. The van der Waals surface area contributed by atoms with Crippen LogP contribution in [0.3, 0.4) is 0 Å². The molecule has 0 fully saturated rings. The second-order valence-corrected chi connectivity index (χ2v) is 20.4. The van der Waals surface area contributed by atoms with E-state index in [4.69, 9.17) is 29.4 Å². The minimum atomic E-state index is -2.30. The van der Waals surface area contributed by atoms with Gasteiger partial charge < -0.3 is 29.4 Å². The number of halogens is 17. The van der Waals surface area contributed by atoms with Crippen LogP contribution in [0.15, 0.2) is 115 Å². The van der Waals surface area contributed by atoms with Crippen LogP contribution in [0.4, 0.5) is 74.6 Å². The third-order valence-electron chi connectivity index (χ3n) is 13.2. The maximum Gasteiger partial charge on any atom is 0.494 e. The fourth-order valence-corrected chi connectivity index (χ4v) is 9.17. The van der Waals surface area contributed by atoms with E-state index in [1.165, 1.54) is 18.2 Å². The maximum absolute atomic E-state index is 14.8. The fourth-order valence-electron chi connectivity index (χ4n) is 9.17. The largest absolute Gasteiger partial charge is 0.503 e. The van der Waals surface area contributed by atoms with Gasteiger partial charge in [-0.15, -0.1) is 0 Å². The van der Waals surface area contributed by atoms with Gasteiger partial charge in [0.1, 0.15) is 54.7 Å². The molecule has 0 aromatic heterocycles. The molecule has 24 heteroatoms. The van der Waals surface area contributed by atoms with Gasteiger partial charge in [0, 0.05) is 11.5 Å². The van der Waals surface area contributed by atoms with E-state index in [1.807, 2.05) is 27.7 Å². The monoisotopic (exact) mass is 1290 g/mol. The molecule has 0 heterocycles. The van der Waals surface area contributed by atoms with Crippen molar-refractivity contribution in [2.45, 2.75) is 98.9 Å². The highest BCUT2D eigenvalue weighted by molar-refractivity contribution is 6.58. The summed E-state index contributed by atoms with van der Waals surface area (Å²) in [5, 5.41) is 26.2. The van der Waals surface area contributed by atoms with Crippen LogP contribution >= 0.6 is 0 Å². The third-order valence-corrected chi connectivity index (χ3v) is 13.2. The molecule has 0 aliphatic heterocycles. The molecule has 9 rings (SSSR count). The lowest BCUT2D eigenvalue weighted by atomic mass is 9.79. The molecule has 482 valence electrons. The summed E-state index contributed by atoms with van der Waals surface area (Å²) in [7, 11) is -2.30. The summed E-state index contributed by atoms with van der Waals surface area (Å²) in [5.74, 6) is -20.3. The molecule has 9 aromatic rings. The second-order valence-electron chi connectivity index (χ2n) is 20.4. The predicted octanol–water partition coefficient (Wildman–Crippen LogP) is 17.9. The Hall–Kier alpha value is -8.77. The number of phenols is 1. The topological polar surface area (TPSA) is 88.4 Å². The van der Waals surface area contributed by atoms with E-state index in [0.29, 0.717) is 60.4 Å². The van der Waals surface area contributed by atoms with Gasteiger partial charge in [-0.1, -0.05) is 65.5 Å². The summed E-state index contributed by atoms with van der Waals surface area (Å²) < 4.78 is 248. The maximum atomic E-state index is 14.8. The molecule has 0 spiro atoms. The summed E-state index contributed by atoms with van der Waals surface area (Å²) in [5.41, 5.74) is 0.704. The highest BCUT2D eigenvalue weighted by atomic mass is 19.2. The highest BCUT2D eigenvalue weighted by Crippen LogP contribution is 2.34. The second kappa shape index (κ2) is 32.8. The predicted molar refractivity (Wildman–Crippen MR) is 308 cm³/mol. The zero-order chi connectivity index (χ0) is 67.0. The molecule has 0 radical (unpaired) electrons. The van der Waals surface area contributed by atoms with Crippen molar-refractivity contribution in [2.75, 3.05) is 0 Å². The number of benzene rings is 9. The molecule has 0 amide bonds. The molecule has 0 unspecified atom stereocenters. The third kappa shape index (κ3) is 19.1. The van der Waals surface area contributed by atoms with Crippen LogP contribution < -0.4 is 19.7 Å². The van der Waals surface area contributed by atoms with E-state index >= 15 is 0 Å².